The molecule has 6 heteroatoms. The first-order chi connectivity index (χ1) is 7.68. The molecule has 0 saturated carbocycles. The van der Waals surface area contributed by atoms with Crippen LogP contribution in [0, 0.1) is 0 Å². The lowest BCUT2D eigenvalue weighted by molar-refractivity contribution is 0.349. The lowest BCUT2D eigenvalue weighted by atomic mass is 10.2. The Morgan fingerprint density at radius 2 is 2.00 bits per heavy atom. The fourth-order valence-corrected chi connectivity index (χ4v) is 3.03. The van der Waals surface area contributed by atoms with E-state index in [4.69, 9.17) is 0 Å². The molecule has 0 atom stereocenters. The first-order valence-corrected chi connectivity index (χ1v) is 6.80. The Bertz CT molecular complexity index is 427. The second-order valence-corrected chi connectivity index (χ2v) is 5.48. The SMILES string of the molecule is O=S(=O)(Nc1cccnc1)N1CCCCC1. The van der Waals surface area contributed by atoms with Gasteiger partial charge in [0.25, 0.3) is 0 Å². The van der Waals surface area contributed by atoms with Crippen LogP contribution in [0.2, 0.25) is 0 Å². The van der Waals surface area contributed by atoms with E-state index in [1.165, 1.54) is 10.5 Å². The van der Waals surface area contributed by atoms with Crippen LogP contribution in [-0.2, 0) is 10.2 Å². The van der Waals surface area contributed by atoms with E-state index in [2.05, 4.69) is 9.71 Å². The molecule has 5 nitrogen and oxygen atoms in total. The number of aromatic nitrogens is 1. The van der Waals surface area contributed by atoms with Crippen molar-refractivity contribution in [3.63, 3.8) is 0 Å². The monoisotopic (exact) mass is 241 g/mol. The van der Waals surface area contributed by atoms with E-state index in [0.717, 1.165) is 19.3 Å². The van der Waals surface area contributed by atoms with E-state index < -0.39 is 10.2 Å². The molecule has 1 aromatic heterocycles. The quantitative estimate of drug-likeness (QED) is 0.865. The van der Waals surface area contributed by atoms with Gasteiger partial charge in [-0.15, -0.1) is 0 Å². The molecule has 0 bridgehead atoms. The minimum absolute atomic E-state index is 0.507. The van der Waals surface area contributed by atoms with Gasteiger partial charge in [0.2, 0.25) is 0 Å². The maximum Gasteiger partial charge on any atom is 0.301 e. The first-order valence-electron chi connectivity index (χ1n) is 5.36. The number of piperidine rings is 1. The normalized spacial score (nSPS) is 18.2. The van der Waals surface area contributed by atoms with Gasteiger partial charge in [-0.1, -0.05) is 6.42 Å². The third kappa shape index (κ3) is 2.70. The van der Waals surface area contributed by atoms with Crippen LogP contribution in [0.4, 0.5) is 5.69 Å². The standard InChI is InChI=1S/C10H15N3O2S/c14-16(15,13-7-2-1-3-8-13)12-10-5-4-6-11-9-10/h4-6,9,12H,1-3,7-8H2. The Morgan fingerprint density at radius 3 is 2.62 bits per heavy atom. The predicted octanol–water partition coefficient (Wildman–Crippen LogP) is 1.22. The number of pyridine rings is 1. The molecule has 2 rings (SSSR count). The van der Waals surface area contributed by atoms with E-state index >= 15 is 0 Å². The summed E-state index contributed by atoms with van der Waals surface area (Å²) in [6, 6.07) is 3.39. The molecule has 2 heterocycles. The molecule has 88 valence electrons. The van der Waals surface area contributed by atoms with Gasteiger partial charge in [-0.25, -0.2) is 0 Å². The number of hydrogen-bond donors (Lipinski definition) is 1. The largest absolute Gasteiger partial charge is 0.301 e. The van der Waals surface area contributed by atoms with Crippen LogP contribution in [0.3, 0.4) is 0 Å². The molecule has 1 N–H and O–H groups in total. The summed E-state index contributed by atoms with van der Waals surface area (Å²) in [6.45, 7) is 1.21. The molecule has 1 saturated heterocycles. The van der Waals surface area contributed by atoms with Gasteiger partial charge in [0.1, 0.15) is 0 Å². The van der Waals surface area contributed by atoms with Crippen molar-refractivity contribution in [2.24, 2.45) is 0 Å². The van der Waals surface area contributed by atoms with Gasteiger partial charge in [-0.3, -0.25) is 9.71 Å². The maximum atomic E-state index is 11.9. The number of hydrogen-bond acceptors (Lipinski definition) is 3. The first kappa shape index (κ1) is 11.3. The second-order valence-electron chi connectivity index (χ2n) is 3.81. The molecule has 0 spiro atoms. The summed E-state index contributed by atoms with van der Waals surface area (Å²) in [6.07, 6.45) is 6.10. The molecule has 0 radical (unpaired) electrons. The van der Waals surface area contributed by atoms with Crippen molar-refractivity contribution >= 4 is 15.9 Å². The van der Waals surface area contributed by atoms with E-state index in [-0.39, 0.29) is 0 Å². The van der Waals surface area contributed by atoms with Gasteiger partial charge in [0.15, 0.2) is 0 Å². The molecular weight excluding hydrogens is 226 g/mol. The number of nitrogens with one attached hydrogen (secondary N) is 1. The number of anilines is 1. The lowest BCUT2D eigenvalue weighted by Crippen LogP contribution is -2.39. The van der Waals surface area contributed by atoms with Crippen molar-refractivity contribution in [2.45, 2.75) is 19.3 Å². The Kier molecular flexibility index (Phi) is 3.40. The summed E-state index contributed by atoms with van der Waals surface area (Å²) in [5.41, 5.74) is 0.507. The highest BCUT2D eigenvalue weighted by atomic mass is 32.2. The molecule has 1 aliphatic rings. The fraction of sp³-hybridized carbons (Fsp3) is 0.500. The van der Waals surface area contributed by atoms with Crippen LogP contribution in [0.25, 0.3) is 0 Å². The van der Waals surface area contributed by atoms with Crippen molar-refractivity contribution < 1.29 is 8.42 Å². The summed E-state index contributed by atoms with van der Waals surface area (Å²) < 4.78 is 27.9. The van der Waals surface area contributed by atoms with E-state index in [1.807, 2.05) is 0 Å². The zero-order valence-corrected chi connectivity index (χ0v) is 9.78. The molecule has 1 aliphatic heterocycles. The summed E-state index contributed by atoms with van der Waals surface area (Å²) in [7, 11) is -3.39. The molecule has 1 aromatic rings. The Morgan fingerprint density at radius 1 is 1.25 bits per heavy atom. The van der Waals surface area contributed by atoms with E-state index in [9.17, 15) is 8.42 Å². The second kappa shape index (κ2) is 4.80. The van der Waals surface area contributed by atoms with Gasteiger partial charge in [-0.2, -0.15) is 12.7 Å². The van der Waals surface area contributed by atoms with Crippen LogP contribution >= 0.6 is 0 Å². The third-order valence-corrected chi connectivity index (χ3v) is 4.10. The summed E-state index contributed by atoms with van der Waals surface area (Å²) in [5, 5.41) is 0. The van der Waals surface area contributed by atoms with Crippen LogP contribution in [0.1, 0.15) is 19.3 Å². The van der Waals surface area contributed by atoms with Crippen LogP contribution < -0.4 is 4.72 Å². The van der Waals surface area contributed by atoms with Crippen LogP contribution in [0.15, 0.2) is 24.5 Å². The maximum absolute atomic E-state index is 11.9. The molecule has 0 amide bonds. The molecule has 16 heavy (non-hydrogen) atoms. The zero-order valence-electron chi connectivity index (χ0n) is 8.96. The molecule has 0 aliphatic carbocycles. The highest BCUT2D eigenvalue weighted by molar-refractivity contribution is 7.90. The van der Waals surface area contributed by atoms with Crippen molar-refractivity contribution in [1.29, 1.82) is 0 Å². The summed E-state index contributed by atoms with van der Waals surface area (Å²) in [4.78, 5) is 3.87. The Hall–Kier alpha value is -1.14. The van der Waals surface area contributed by atoms with Gasteiger partial charge in [0, 0.05) is 19.3 Å². The molecule has 0 aromatic carbocycles. The minimum atomic E-state index is -3.39. The number of rotatable bonds is 3. The van der Waals surface area contributed by atoms with Crippen LogP contribution in [-0.4, -0.2) is 30.8 Å². The van der Waals surface area contributed by atoms with Crippen molar-refractivity contribution in [2.75, 3.05) is 17.8 Å². The van der Waals surface area contributed by atoms with Gasteiger partial charge in [0.05, 0.1) is 11.9 Å². The summed E-state index contributed by atoms with van der Waals surface area (Å²) >= 11 is 0. The minimum Gasteiger partial charge on any atom is -0.269 e. The van der Waals surface area contributed by atoms with Crippen molar-refractivity contribution in [3.05, 3.63) is 24.5 Å². The highest BCUT2D eigenvalue weighted by Gasteiger charge is 2.23. The fourth-order valence-electron chi connectivity index (χ4n) is 1.74. The molecular formula is C10H15N3O2S. The molecule has 0 unspecified atom stereocenters. The van der Waals surface area contributed by atoms with Crippen LogP contribution in [0.5, 0.6) is 0 Å². The Labute approximate surface area is 95.7 Å². The van der Waals surface area contributed by atoms with Gasteiger partial charge < -0.3 is 0 Å². The zero-order chi connectivity index (χ0) is 11.4. The lowest BCUT2D eigenvalue weighted by Gasteiger charge is -2.26. The average molecular weight is 241 g/mol. The van der Waals surface area contributed by atoms with E-state index in [1.54, 1.807) is 18.3 Å². The van der Waals surface area contributed by atoms with Crippen molar-refractivity contribution in [1.82, 2.24) is 9.29 Å². The van der Waals surface area contributed by atoms with Crippen molar-refractivity contribution in [3.8, 4) is 0 Å². The Balaban J connectivity index is 2.08. The average Bonchev–Trinajstić information content (AvgIpc) is 2.31. The topological polar surface area (TPSA) is 62.3 Å². The molecule has 1 fully saturated rings. The predicted molar refractivity (Wildman–Crippen MR) is 62.2 cm³/mol. The summed E-state index contributed by atoms with van der Waals surface area (Å²) in [5.74, 6) is 0. The third-order valence-electron chi connectivity index (χ3n) is 2.56. The smallest absolute Gasteiger partial charge is 0.269 e. The van der Waals surface area contributed by atoms with Gasteiger partial charge in [-0.05, 0) is 25.0 Å². The highest BCUT2D eigenvalue weighted by Crippen LogP contribution is 2.15. The van der Waals surface area contributed by atoms with E-state index in [0.29, 0.717) is 18.8 Å². The number of nitrogens with zero attached hydrogens (tertiary/aromatic N) is 2. The van der Waals surface area contributed by atoms with Gasteiger partial charge >= 0.3 is 10.2 Å².